The Balaban J connectivity index is 1.64. The molecule has 0 saturated carbocycles. The van der Waals surface area contributed by atoms with Crippen LogP contribution in [0, 0.1) is 5.82 Å². The fraction of sp³-hybridized carbons (Fsp3) is 0.190. The average molecular weight is 414 g/mol. The minimum absolute atomic E-state index is 0.0765. The Kier molecular flexibility index (Phi) is 5.07. The molecule has 0 saturated heterocycles. The number of hydrogen-bond acceptors (Lipinski definition) is 4. The molecular formula is C21H17ClFN3O3. The number of pyridine rings is 1. The Morgan fingerprint density at radius 2 is 1.93 bits per heavy atom. The van der Waals surface area contributed by atoms with Crippen LogP contribution in [0.4, 0.5) is 4.39 Å². The van der Waals surface area contributed by atoms with Gasteiger partial charge in [0.15, 0.2) is 0 Å². The van der Waals surface area contributed by atoms with Crippen LogP contribution in [0.3, 0.4) is 0 Å². The summed E-state index contributed by atoms with van der Waals surface area (Å²) < 4.78 is 21.9. The highest BCUT2D eigenvalue weighted by Gasteiger charge is 2.15. The van der Waals surface area contributed by atoms with Gasteiger partial charge in [-0.3, -0.25) is 19.0 Å². The number of rotatable bonds is 6. The molecule has 3 aromatic heterocycles. The van der Waals surface area contributed by atoms with E-state index in [1.165, 1.54) is 16.7 Å². The average Bonchev–Trinajstić information content (AvgIpc) is 3.10. The Labute approximate surface area is 170 Å². The summed E-state index contributed by atoms with van der Waals surface area (Å²) in [5.41, 5.74) is 1.65. The van der Waals surface area contributed by atoms with Gasteiger partial charge in [0.2, 0.25) is 0 Å². The summed E-state index contributed by atoms with van der Waals surface area (Å²) in [6, 6.07) is 10.9. The molecule has 1 aromatic carbocycles. The number of halogens is 2. The number of carbonyl (C=O) groups excluding carboxylic acids is 1. The molecule has 0 fully saturated rings. The first-order valence-electron chi connectivity index (χ1n) is 8.97. The van der Waals surface area contributed by atoms with Gasteiger partial charge in [0.1, 0.15) is 28.0 Å². The number of methoxy groups -OCH3 is 1. The smallest absolute Gasteiger partial charge is 0.275 e. The number of ether oxygens (including phenoxy) is 1. The molecule has 4 aromatic rings. The van der Waals surface area contributed by atoms with Crippen LogP contribution < -0.4 is 10.3 Å². The van der Waals surface area contributed by atoms with Crippen LogP contribution in [0.15, 0.2) is 53.5 Å². The largest absolute Gasteiger partial charge is 0.495 e. The minimum atomic E-state index is -0.470. The first kappa shape index (κ1) is 19.1. The molecule has 29 heavy (non-hydrogen) atoms. The zero-order chi connectivity index (χ0) is 20.5. The van der Waals surface area contributed by atoms with Gasteiger partial charge >= 0.3 is 0 Å². The number of Topliss-reactive ketones (excluding diaryl/α,β-unsaturated/α-hetero) is 1. The molecule has 0 aliphatic heterocycles. The molecule has 0 bridgehead atoms. The van der Waals surface area contributed by atoms with Gasteiger partial charge in [-0.15, -0.1) is 0 Å². The number of aryl methyl sites for hydroxylation is 1. The molecule has 148 valence electrons. The highest BCUT2D eigenvalue weighted by Crippen LogP contribution is 2.22. The monoisotopic (exact) mass is 413 g/mol. The second kappa shape index (κ2) is 7.67. The molecule has 0 amide bonds. The minimum Gasteiger partial charge on any atom is -0.495 e. The van der Waals surface area contributed by atoms with Crippen LogP contribution in [0.2, 0.25) is 5.15 Å². The second-order valence-electron chi connectivity index (χ2n) is 6.62. The number of ketones is 1. The molecular weight excluding hydrogens is 397 g/mol. The molecule has 0 radical (unpaired) electrons. The predicted octanol–water partition coefficient (Wildman–Crippen LogP) is 3.65. The lowest BCUT2D eigenvalue weighted by molar-refractivity contribution is -0.118. The van der Waals surface area contributed by atoms with Crippen LogP contribution in [0.5, 0.6) is 5.75 Å². The zero-order valence-corrected chi connectivity index (χ0v) is 16.3. The van der Waals surface area contributed by atoms with E-state index < -0.39 is 5.82 Å². The quantitative estimate of drug-likeness (QED) is 0.484. The van der Waals surface area contributed by atoms with Gasteiger partial charge in [-0.2, -0.15) is 0 Å². The molecule has 8 heteroatoms. The van der Waals surface area contributed by atoms with E-state index in [-0.39, 0.29) is 30.7 Å². The van der Waals surface area contributed by atoms with Gasteiger partial charge in [0, 0.05) is 25.1 Å². The van der Waals surface area contributed by atoms with Crippen LogP contribution in [0.25, 0.3) is 16.6 Å². The zero-order valence-electron chi connectivity index (χ0n) is 15.6. The standard InChI is InChI=1S/C21H17ClFN3O3/c1-29-16-4-3-14(24-12-16)11-15(27)8-9-25-19-10-13(23)2-5-17(19)26-18(21(25)28)6-7-20(26)22/h2-7,10,12H,8-9,11H2,1H3. The van der Waals surface area contributed by atoms with Crippen molar-refractivity contribution >= 4 is 33.9 Å². The molecule has 0 aliphatic carbocycles. The van der Waals surface area contributed by atoms with Crippen LogP contribution in [0.1, 0.15) is 12.1 Å². The molecule has 0 N–H and O–H groups in total. The van der Waals surface area contributed by atoms with Crippen molar-refractivity contribution in [2.75, 3.05) is 7.11 Å². The van der Waals surface area contributed by atoms with Crippen LogP contribution >= 0.6 is 11.6 Å². The first-order valence-corrected chi connectivity index (χ1v) is 9.35. The fourth-order valence-corrected chi connectivity index (χ4v) is 3.60. The molecule has 0 spiro atoms. The number of carbonyl (C=O) groups is 1. The summed E-state index contributed by atoms with van der Waals surface area (Å²) >= 11 is 6.21. The molecule has 0 unspecified atom stereocenters. The molecule has 4 rings (SSSR count). The van der Waals surface area contributed by atoms with Gasteiger partial charge in [-0.1, -0.05) is 11.6 Å². The van der Waals surface area contributed by atoms with Gasteiger partial charge in [0.05, 0.1) is 24.3 Å². The topological polar surface area (TPSA) is 65.6 Å². The van der Waals surface area contributed by atoms with E-state index in [0.717, 1.165) is 0 Å². The summed E-state index contributed by atoms with van der Waals surface area (Å²) in [5.74, 6) is 0.0647. The summed E-state index contributed by atoms with van der Waals surface area (Å²) in [7, 11) is 1.54. The predicted molar refractivity (Wildman–Crippen MR) is 108 cm³/mol. The second-order valence-corrected chi connectivity index (χ2v) is 7.01. The Hall–Kier alpha value is -3.19. The lowest BCUT2D eigenvalue weighted by Gasteiger charge is -2.13. The van der Waals surface area contributed by atoms with E-state index >= 15 is 0 Å². The van der Waals surface area contributed by atoms with E-state index in [9.17, 15) is 14.0 Å². The molecule has 0 atom stereocenters. The van der Waals surface area contributed by atoms with Crippen molar-refractivity contribution in [3.05, 3.63) is 75.7 Å². The van der Waals surface area contributed by atoms with E-state index in [1.54, 1.807) is 48.0 Å². The van der Waals surface area contributed by atoms with E-state index in [2.05, 4.69) is 4.98 Å². The Bertz CT molecular complexity index is 1280. The Morgan fingerprint density at radius 3 is 2.66 bits per heavy atom. The lowest BCUT2D eigenvalue weighted by atomic mass is 10.1. The highest BCUT2D eigenvalue weighted by atomic mass is 35.5. The van der Waals surface area contributed by atoms with Crippen molar-refractivity contribution < 1.29 is 13.9 Å². The maximum atomic E-state index is 13.9. The number of hydrogen-bond donors (Lipinski definition) is 0. The van der Waals surface area contributed by atoms with E-state index in [0.29, 0.717) is 33.1 Å². The van der Waals surface area contributed by atoms with Crippen LogP contribution in [-0.2, 0) is 17.8 Å². The first-order chi connectivity index (χ1) is 14.0. The van der Waals surface area contributed by atoms with Crippen molar-refractivity contribution in [2.24, 2.45) is 0 Å². The normalized spacial score (nSPS) is 11.3. The maximum absolute atomic E-state index is 13.9. The lowest BCUT2D eigenvalue weighted by Crippen LogP contribution is -2.24. The van der Waals surface area contributed by atoms with Gasteiger partial charge in [0.25, 0.3) is 5.56 Å². The van der Waals surface area contributed by atoms with Crippen molar-refractivity contribution in [2.45, 2.75) is 19.4 Å². The van der Waals surface area contributed by atoms with E-state index in [1.807, 2.05) is 0 Å². The van der Waals surface area contributed by atoms with Gasteiger partial charge in [-0.25, -0.2) is 4.39 Å². The van der Waals surface area contributed by atoms with Crippen LogP contribution in [-0.4, -0.2) is 26.8 Å². The summed E-state index contributed by atoms with van der Waals surface area (Å²) in [6.45, 7) is 0.132. The van der Waals surface area contributed by atoms with Gasteiger partial charge < -0.3 is 9.30 Å². The third-order valence-corrected chi connectivity index (χ3v) is 5.09. The maximum Gasteiger partial charge on any atom is 0.275 e. The highest BCUT2D eigenvalue weighted by molar-refractivity contribution is 6.30. The molecule has 0 aliphatic rings. The molecule has 6 nitrogen and oxygen atoms in total. The van der Waals surface area contributed by atoms with Crippen molar-refractivity contribution in [3.8, 4) is 5.75 Å². The summed E-state index contributed by atoms with van der Waals surface area (Å²) in [5, 5.41) is 0.363. The third kappa shape index (κ3) is 3.61. The van der Waals surface area contributed by atoms with Crippen molar-refractivity contribution in [1.82, 2.24) is 14.0 Å². The van der Waals surface area contributed by atoms with Crippen molar-refractivity contribution in [1.29, 1.82) is 0 Å². The summed E-state index contributed by atoms with van der Waals surface area (Å²) in [6.07, 6.45) is 1.81. The number of aromatic nitrogens is 3. The summed E-state index contributed by atoms with van der Waals surface area (Å²) in [4.78, 5) is 29.6. The van der Waals surface area contributed by atoms with Gasteiger partial charge in [-0.05, 0) is 42.5 Å². The fourth-order valence-electron chi connectivity index (χ4n) is 3.36. The number of fused-ring (bicyclic) bond motifs is 3. The third-order valence-electron chi connectivity index (χ3n) is 4.79. The number of nitrogens with zero attached hydrogens (tertiary/aromatic N) is 3. The van der Waals surface area contributed by atoms with Crippen molar-refractivity contribution in [3.63, 3.8) is 0 Å². The Morgan fingerprint density at radius 1 is 1.14 bits per heavy atom. The SMILES string of the molecule is COc1ccc(CC(=O)CCn2c(=O)c3ccc(Cl)n3c3ccc(F)cc32)nc1. The number of benzene rings is 1. The molecule has 3 heterocycles. The van der Waals surface area contributed by atoms with E-state index in [4.69, 9.17) is 16.3 Å².